The molecule has 0 spiro atoms. The molecular formula is C23H27N3O2S. The van der Waals surface area contributed by atoms with Crippen LogP contribution in [0.2, 0.25) is 0 Å². The highest BCUT2D eigenvalue weighted by molar-refractivity contribution is 8.00. The van der Waals surface area contributed by atoms with E-state index in [1.165, 1.54) is 17.5 Å². The summed E-state index contributed by atoms with van der Waals surface area (Å²) in [5.41, 5.74) is 5.34. The number of thioether (sulfide) groups is 1. The van der Waals surface area contributed by atoms with Crippen LogP contribution < -0.4 is 5.32 Å². The lowest BCUT2D eigenvalue weighted by Crippen LogP contribution is -2.22. The summed E-state index contributed by atoms with van der Waals surface area (Å²) in [4.78, 5) is 13.8. The molecule has 152 valence electrons. The van der Waals surface area contributed by atoms with Crippen molar-refractivity contribution in [2.75, 3.05) is 17.7 Å². The summed E-state index contributed by atoms with van der Waals surface area (Å²) in [6.07, 6.45) is 5.74. The van der Waals surface area contributed by atoms with Crippen LogP contribution in [0.25, 0.3) is 0 Å². The highest BCUT2D eigenvalue weighted by Crippen LogP contribution is 2.30. The van der Waals surface area contributed by atoms with Crippen molar-refractivity contribution in [3.8, 4) is 6.07 Å². The van der Waals surface area contributed by atoms with E-state index >= 15 is 0 Å². The first-order chi connectivity index (χ1) is 14.1. The van der Waals surface area contributed by atoms with Crippen molar-refractivity contribution in [1.29, 1.82) is 5.26 Å². The average Bonchev–Trinajstić information content (AvgIpc) is 3.44. The molecule has 1 atom stereocenters. The Hall–Kier alpha value is -2.23. The van der Waals surface area contributed by atoms with E-state index in [-0.39, 0.29) is 12.0 Å². The van der Waals surface area contributed by atoms with Gasteiger partial charge in [0.05, 0.1) is 24.0 Å². The minimum absolute atomic E-state index is 0.0851. The van der Waals surface area contributed by atoms with Gasteiger partial charge in [0, 0.05) is 17.2 Å². The molecule has 0 saturated carbocycles. The number of hydrogen-bond donors (Lipinski definition) is 1. The van der Waals surface area contributed by atoms with Crippen LogP contribution in [0.3, 0.4) is 0 Å². The van der Waals surface area contributed by atoms with Gasteiger partial charge in [0.1, 0.15) is 11.9 Å². The van der Waals surface area contributed by atoms with Gasteiger partial charge in [-0.05, 0) is 74.8 Å². The number of aromatic nitrogens is 1. The van der Waals surface area contributed by atoms with Crippen molar-refractivity contribution in [2.24, 2.45) is 0 Å². The number of nitrogens with one attached hydrogen (secondary N) is 1. The fourth-order valence-electron chi connectivity index (χ4n) is 4.31. The van der Waals surface area contributed by atoms with Crippen molar-refractivity contribution in [3.63, 3.8) is 0 Å². The van der Waals surface area contributed by atoms with Gasteiger partial charge in [0.15, 0.2) is 0 Å². The summed E-state index contributed by atoms with van der Waals surface area (Å²) in [7, 11) is 0. The molecule has 5 nitrogen and oxygen atoms in total. The monoisotopic (exact) mass is 409 g/mol. The molecule has 0 unspecified atom stereocenters. The van der Waals surface area contributed by atoms with Gasteiger partial charge in [-0.2, -0.15) is 5.26 Å². The molecule has 1 aliphatic carbocycles. The summed E-state index contributed by atoms with van der Waals surface area (Å²) in [6.45, 7) is 5.39. The Labute approximate surface area is 176 Å². The molecule has 1 amide bonds. The van der Waals surface area contributed by atoms with Crippen LogP contribution in [-0.4, -0.2) is 28.9 Å². The minimum Gasteiger partial charge on any atom is -0.376 e. The lowest BCUT2D eigenvalue weighted by molar-refractivity contribution is -0.113. The fraction of sp³-hybridized carbons (Fsp3) is 0.478. The van der Waals surface area contributed by atoms with E-state index in [1.54, 1.807) is 11.8 Å². The molecule has 1 aromatic heterocycles. The normalized spacial score (nSPS) is 17.9. The van der Waals surface area contributed by atoms with E-state index in [9.17, 15) is 10.1 Å². The Balaban J connectivity index is 1.46. The zero-order valence-corrected chi connectivity index (χ0v) is 17.9. The summed E-state index contributed by atoms with van der Waals surface area (Å²) < 4.78 is 7.82. The zero-order valence-electron chi connectivity index (χ0n) is 17.1. The van der Waals surface area contributed by atoms with Gasteiger partial charge in [-0.15, -0.1) is 11.8 Å². The predicted molar refractivity (Wildman–Crippen MR) is 115 cm³/mol. The number of carbonyl (C=O) groups excluding carboxylic acids is 1. The van der Waals surface area contributed by atoms with Crippen LogP contribution in [0.1, 0.15) is 47.2 Å². The zero-order chi connectivity index (χ0) is 20.4. The molecule has 0 bridgehead atoms. The van der Waals surface area contributed by atoms with Crippen LogP contribution >= 0.6 is 11.8 Å². The first-order valence-corrected chi connectivity index (χ1v) is 11.3. The third kappa shape index (κ3) is 4.22. The topological polar surface area (TPSA) is 67.0 Å². The maximum absolute atomic E-state index is 12.7. The molecule has 2 aliphatic rings. The molecule has 1 aliphatic heterocycles. The quantitative estimate of drug-likeness (QED) is 0.719. The van der Waals surface area contributed by atoms with Crippen molar-refractivity contribution in [2.45, 2.75) is 63.5 Å². The molecule has 2 heterocycles. The summed E-state index contributed by atoms with van der Waals surface area (Å²) in [5, 5.41) is 12.7. The Morgan fingerprint density at radius 2 is 2.14 bits per heavy atom. The Bertz CT molecular complexity index is 967. The number of carbonyl (C=O) groups is 1. The van der Waals surface area contributed by atoms with Gasteiger partial charge in [-0.25, -0.2) is 0 Å². The molecule has 1 saturated heterocycles. The Morgan fingerprint density at radius 1 is 1.31 bits per heavy atom. The number of benzene rings is 1. The van der Waals surface area contributed by atoms with Crippen LogP contribution in [0, 0.1) is 25.2 Å². The van der Waals surface area contributed by atoms with Gasteiger partial charge in [-0.3, -0.25) is 4.79 Å². The number of aryl methyl sites for hydroxylation is 2. The smallest absolute Gasteiger partial charge is 0.235 e. The van der Waals surface area contributed by atoms with E-state index < -0.39 is 0 Å². The van der Waals surface area contributed by atoms with E-state index in [0.717, 1.165) is 48.4 Å². The highest BCUT2D eigenvalue weighted by Gasteiger charge is 2.24. The standard InChI is InChI=1S/C23H27N3O2S/c1-15-16(2)26(13-19-7-4-10-28-19)23(21(15)12-24)25-22(27)14-29-20-9-8-17-5-3-6-18(17)11-20/h8-9,11,19H,3-7,10,13-14H2,1-2H3,(H,25,27)/t19-/m1/s1. The van der Waals surface area contributed by atoms with Gasteiger partial charge in [0.25, 0.3) is 0 Å². The first kappa shape index (κ1) is 20.1. The van der Waals surface area contributed by atoms with E-state index in [4.69, 9.17) is 4.74 Å². The predicted octanol–water partition coefficient (Wildman–Crippen LogP) is 4.38. The van der Waals surface area contributed by atoms with E-state index in [2.05, 4.69) is 29.6 Å². The van der Waals surface area contributed by atoms with Gasteiger partial charge in [0.2, 0.25) is 5.91 Å². The molecule has 0 radical (unpaired) electrons. The maximum atomic E-state index is 12.7. The van der Waals surface area contributed by atoms with Gasteiger partial charge < -0.3 is 14.6 Å². The van der Waals surface area contributed by atoms with Crippen LogP contribution in [0.4, 0.5) is 5.82 Å². The molecule has 6 heteroatoms. The SMILES string of the molecule is Cc1c(C#N)c(NC(=O)CSc2ccc3c(c2)CCC3)n(C[C@H]2CCCO2)c1C. The second kappa shape index (κ2) is 8.64. The lowest BCUT2D eigenvalue weighted by atomic mass is 10.1. The maximum Gasteiger partial charge on any atom is 0.235 e. The number of amides is 1. The Morgan fingerprint density at radius 3 is 2.90 bits per heavy atom. The lowest BCUT2D eigenvalue weighted by Gasteiger charge is -2.17. The number of ether oxygens (including phenoxy) is 1. The van der Waals surface area contributed by atoms with Crippen molar-refractivity contribution >= 4 is 23.5 Å². The van der Waals surface area contributed by atoms with Crippen LogP contribution in [-0.2, 0) is 28.9 Å². The molecule has 2 aromatic rings. The summed E-state index contributed by atoms with van der Waals surface area (Å²) in [5.74, 6) is 0.850. The number of nitriles is 1. The van der Waals surface area contributed by atoms with Crippen molar-refractivity contribution < 1.29 is 9.53 Å². The second-order valence-corrected chi connectivity index (χ2v) is 8.96. The largest absolute Gasteiger partial charge is 0.376 e. The van der Waals surface area contributed by atoms with Gasteiger partial charge >= 0.3 is 0 Å². The first-order valence-electron chi connectivity index (χ1n) is 10.3. The number of nitrogens with zero attached hydrogens (tertiary/aromatic N) is 2. The average molecular weight is 410 g/mol. The molecular weight excluding hydrogens is 382 g/mol. The second-order valence-electron chi connectivity index (χ2n) is 7.91. The summed E-state index contributed by atoms with van der Waals surface area (Å²) in [6, 6.07) is 8.79. The van der Waals surface area contributed by atoms with E-state index in [0.29, 0.717) is 23.7 Å². The van der Waals surface area contributed by atoms with Crippen molar-refractivity contribution in [1.82, 2.24) is 4.57 Å². The molecule has 1 fully saturated rings. The molecule has 29 heavy (non-hydrogen) atoms. The fourth-order valence-corrected chi connectivity index (χ4v) is 5.07. The summed E-state index contributed by atoms with van der Waals surface area (Å²) >= 11 is 1.55. The van der Waals surface area contributed by atoms with Crippen molar-refractivity contribution in [3.05, 3.63) is 46.1 Å². The minimum atomic E-state index is -0.0851. The van der Waals surface area contributed by atoms with Crippen LogP contribution in [0.5, 0.6) is 0 Å². The third-order valence-electron chi connectivity index (χ3n) is 6.05. The molecule has 1 N–H and O–H groups in total. The molecule has 4 rings (SSSR count). The third-order valence-corrected chi connectivity index (χ3v) is 7.04. The number of hydrogen-bond acceptors (Lipinski definition) is 4. The van der Waals surface area contributed by atoms with Gasteiger partial charge in [-0.1, -0.05) is 6.07 Å². The molecule has 1 aromatic carbocycles. The van der Waals surface area contributed by atoms with E-state index in [1.807, 2.05) is 18.4 Å². The number of anilines is 1. The number of fused-ring (bicyclic) bond motifs is 1. The highest BCUT2D eigenvalue weighted by atomic mass is 32.2. The number of rotatable bonds is 6. The Kier molecular flexibility index (Phi) is 5.98. The van der Waals surface area contributed by atoms with Crippen LogP contribution in [0.15, 0.2) is 23.1 Å².